The molecule has 30 heavy (non-hydrogen) atoms. The summed E-state index contributed by atoms with van der Waals surface area (Å²) in [6.07, 6.45) is 0.931. The third-order valence-electron chi connectivity index (χ3n) is 4.70. The van der Waals surface area contributed by atoms with Crippen LogP contribution in [0.1, 0.15) is 16.7 Å². The summed E-state index contributed by atoms with van der Waals surface area (Å²) < 4.78 is 29.6. The minimum Gasteiger partial charge on any atom is -0.497 e. The second-order valence-corrected chi connectivity index (χ2v) is 7.19. The van der Waals surface area contributed by atoms with Crippen molar-refractivity contribution in [3.63, 3.8) is 0 Å². The monoisotopic (exact) mass is 429 g/mol. The van der Waals surface area contributed by atoms with Crippen LogP contribution in [0.3, 0.4) is 0 Å². The Balaban J connectivity index is 1.51. The number of methoxy groups -OCH3 is 2. The normalized spacial score (nSPS) is 10.7. The molecule has 0 saturated carbocycles. The van der Waals surface area contributed by atoms with Crippen LogP contribution in [-0.4, -0.2) is 20.8 Å². The molecule has 0 aliphatic heterocycles. The fourth-order valence-electron chi connectivity index (χ4n) is 2.99. The lowest BCUT2D eigenvalue weighted by atomic mass is 10.1. The molecule has 158 valence electrons. The Hall–Kier alpha value is -2.76. The Morgan fingerprint density at radius 1 is 0.867 bits per heavy atom. The van der Waals surface area contributed by atoms with E-state index in [0.717, 1.165) is 30.8 Å². The number of nitrogens with one attached hydrogen (secondary N) is 1. The zero-order chi connectivity index (χ0) is 21.3. The molecule has 0 aliphatic rings. The molecule has 0 atom stereocenters. The molecular formula is C24H25ClFNO3. The minimum absolute atomic E-state index is 0.231. The molecule has 0 saturated heterocycles. The van der Waals surface area contributed by atoms with Crippen LogP contribution in [0.15, 0.2) is 60.7 Å². The molecule has 0 radical (unpaired) electrons. The zero-order valence-electron chi connectivity index (χ0n) is 17.1. The zero-order valence-corrected chi connectivity index (χ0v) is 17.8. The highest BCUT2D eigenvalue weighted by Crippen LogP contribution is 2.29. The molecule has 0 spiro atoms. The Labute approximate surface area is 181 Å². The highest BCUT2D eigenvalue weighted by Gasteiger charge is 2.08. The maximum absolute atomic E-state index is 13.2. The molecule has 0 aromatic heterocycles. The molecule has 0 unspecified atom stereocenters. The molecule has 3 rings (SSSR count). The van der Waals surface area contributed by atoms with Crippen LogP contribution >= 0.6 is 11.6 Å². The van der Waals surface area contributed by atoms with Crippen LogP contribution in [0.4, 0.5) is 4.39 Å². The average molecular weight is 430 g/mol. The predicted octanol–water partition coefficient (Wildman–Crippen LogP) is 5.41. The standard InChI is InChI=1S/C24H25ClFNO3/c1-28-21-8-3-17(4-9-21)11-12-27-15-18-5-10-23(24(13-18)29-2)30-16-19-6-7-20(26)14-22(19)25/h3-10,13-14,27H,11-12,15-16H2,1-2H3. The number of ether oxygens (including phenoxy) is 3. The Bertz CT molecular complexity index is 963. The van der Waals surface area contributed by atoms with E-state index in [1.165, 1.54) is 17.7 Å². The number of rotatable bonds is 10. The van der Waals surface area contributed by atoms with Crippen LogP contribution in [0, 0.1) is 5.82 Å². The maximum Gasteiger partial charge on any atom is 0.161 e. The lowest BCUT2D eigenvalue weighted by Gasteiger charge is -2.13. The SMILES string of the molecule is COc1ccc(CCNCc2ccc(OCc3ccc(F)cc3Cl)c(OC)c2)cc1. The molecule has 0 bridgehead atoms. The van der Waals surface area contributed by atoms with Crippen molar-refractivity contribution >= 4 is 11.6 Å². The number of hydrogen-bond acceptors (Lipinski definition) is 4. The summed E-state index contributed by atoms with van der Waals surface area (Å²) in [5.74, 6) is 1.75. The molecule has 3 aromatic carbocycles. The summed E-state index contributed by atoms with van der Waals surface area (Å²) in [5.41, 5.74) is 3.06. The molecule has 0 fully saturated rings. The van der Waals surface area contributed by atoms with Gasteiger partial charge in [-0.1, -0.05) is 35.9 Å². The molecule has 4 nitrogen and oxygen atoms in total. The molecule has 3 aromatic rings. The van der Waals surface area contributed by atoms with Gasteiger partial charge >= 0.3 is 0 Å². The minimum atomic E-state index is -0.370. The quantitative estimate of drug-likeness (QED) is 0.437. The van der Waals surface area contributed by atoms with Gasteiger partial charge in [-0.05, 0) is 60.5 Å². The van der Waals surface area contributed by atoms with E-state index in [0.29, 0.717) is 22.1 Å². The summed E-state index contributed by atoms with van der Waals surface area (Å²) in [5, 5.41) is 3.78. The van der Waals surface area contributed by atoms with Gasteiger partial charge in [-0.2, -0.15) is 0 Å². The van der Waals surface area contributed by atoms with E-state index in [9.17, 15) is 4.39 Å². The number of benzene rings is 3. The van der Waals surface area contributed by atoms with E-state index in [2.05, 4.69) is 17.4 Å². The molecule has 0 amide bonds. The third-order valence-corrected chi connectivity index (χ3v) is 5.06. The lowest BCUT2D eigenvalue weighted by molar-refractivity contribution is 0.284. The third kappa shape index (κ3) is 6.12. The van der Waals surface area contributed by atoms with Crippen molar-refractivity contribution in [2.75, 3.05) is 20.8 Å². The Morgan fingerprint density at radius 2 is 1.63 bits per heavy atom. The fraction of sp³-hybridized carbons (Fsp3) is 0.250. The van der Waals surface area contributed by atoms with Crippen LogP contribution in [0.2, 0.25) is 5.02 Å². The summed E-state index contributed by atoms with van der Waals surface area (Å²) in [7, 11) is 3.27. The van der Waals surface area contributed by atoms with Gasteiger partial charge in [0.05, 0.1) is 19.2 Å². The number of halogens is 2. The Morgan fingerprint density at radius 3 is 2.33 bits per heavy atom. The number of hydrogen-bond donors (Lipinski definition) is 1. The van der Waals surface area contributed by atoms with Gasteiger partial charge in [-0.15, -0.1) is 0 Å². The van der Waals surface area contributed by atoms with Crippen LogP contribution in [0.25, 0.3) is 0 Å². The smallest absolute Gasteiger partial charge is 0.161 e. The van der Waals surface area contributed by atoms with Gasteiger partial charge in [0.2, 0.25) is 0 Å². The van der Waals surface area contributed by atoms with E-state index in [4.69, 9.17) is 25.8 Å². The second kappa shape index (κ2) is 10.9. The van der Waals surface area contributed by atoms with Gasteiger partial charge in [0.1, 0.15) is 18.2 Å². The van der Waals surface area contributed by atoms with Crippen molar-refractivity contribution in [3.8, 4) is 17.2 Å². The average Bonchev–Trinajstić information content (AvgIpc) is 2.77. The fourth-order valence-corrected chi connectivity index (χ4v) is 3.21. The van der Waals surface area contributed by atoms with Crippen molar-refractivity contribution in [1.82, 2.24) is 5.32 Å². The first-order chi connectivity index (χ1) is 14.6. The molecular weight excluding hydrogens is 405 g/mol. The summed E-state index contributed by atoms with van der Waals surface area (Å²) in [6, 6.07) is 18.2. The van der Waals surface area contributed by atoms with E-state index in [1.807, 2.05) is 30.3 Å². The van der Waals surface area contributed by atoms with E-state index in [1.54, 1.807) is 20.3 Å². The van der Waals surface area contributed by atoms with Gasteiger partial charge in [0, 0.05) is 12.1 Å². The molecule has 0 heterocycles. The van der Waals surface area contributed by atoms with Crippen molar-refractivity contribution in [1.29, 1.82) is 0 Å². The summed E-state index contributed by atoms with van der Waals surface area (Å²) in [4.78, 5) is 0. The highest BCUT2D eigenvalue weighted by atomic mass is 35.5. The first-order valence-corrected chi connectivity index (χ1v) is 10.0. The van der Waals surface area contributed by atoms with Crippen molar-refractivity contribution < 1.29 is 18.6 Å². The summed E-state index contributed by atoms with van der Waals surface area (Å²) >= 11 is 6.06. The van der Waals surface area contributed by atoms with Crippen molar-refractivity contribution in [2.45, 2.75) is 19.6 Å². The van der Waals surface area contributed by atoms with Crippen molar-refractivity contribution in [3.05, 3.63) is 88.2 Å². The van der Waals surface area contributed by atoms with E-state index < -0.39 is 0 Å². The summed E-state index contributed by atoms with van der Waals surface area (Å²) in [6.45, 7) is 1.81. The van der Waals surface area contributed by atoms with Crippen LogP contribution in [0.5, 0.6) is 17.2 Å². The van der Waals surface area contributed by atoms with E-state index in [-0.39, 0.29) is 12.4 Å². The molecule has 6 heteroatoms. The van der Waals surface area contributed by atoms with Gasteiger partial charge in [-0.25, -0.2) is 4.39 Å². The van der Waals surface area contributed by atoms with Crippen molar-refractivity contribution in [2.24, 2.45) is 0 Å². The topological polar surface area (TPSA) is 39.7 Å². The lowest BCUT2D eigenvalue weighted by Crippen LogP contribution is -2.16. The predicted molar refractivity (Wildman–Crippen MR) is 117 cm³/mol. The largest absolute Gasteiger partial charge is 0.497 e. The Kier molecular flexibility index (Phi) is 7.94. The van der Waals surface area contributed by atoms with Crippen LogP contribution < -0.4 is 19.5 Å². The maximum atomic E-state index is 13.2. The highest BCUT2D eigenvalue weighted by molar-refractivity contribution is 6.31. The molecule has 1 N–H and O–H groups in total. The van der Waals surface area contributed by atoms with Crippen LogP contribution in [-0.2, 0) is 19.6 Å². The van der Waals surface area contributed by atoms with Gasteiger partial charge in [-0.3, -0.25) is 0 Å². The van der Waals surface area contributed by atoms with E-state index >= 15 is 0 Å². The van der Waals surface area contributed by atoms with Gasteiger partial charge in [0.25, 0.3) is 0 Å². The first kappa shape index (κ1) is 21.9. The second-order valence-electron chi connectivity index (χ2n) is 6.78. The molecule has 0 aliphatic carbocycles. The first-order valence-electron chi connectivity index (χ1n) is 9.66. The van der Waals surface area contributed by atoms with Gasteiger partial charge in [0.15, 0.2) is 11.5 Å². The van der Waals surface area contributed by atoms with Gasteiger partial charge < -0.3 is 19.5 Å².